The first kappa shape index (κ1) is 14.7. The smallest absolute Gasteiger partial charge is 0.239 e. The van der Waals surface area contributed by atoms with Crippen LogP contribution in [0.3, 0.4) is 0 Å². The van der Waals surface area contributed by atoms with E-state index >= 15 is 0 Å². The number of fused-ring (bicyclic) bond motifs is 1. The number of benzene rings is 1. The first-order valence-electron chi connectivity index (χ1n) is 5.71. The summed E-state index contributed by atoms with van der Waals surface area (Å²) >= 11 is 10.3. The van der Waals surface area contributed by atoms with Gasteiger partial charge in [-0.25, -0.2) is 9.37 Å². The first-order valence-corrected chi connectivity index (χ1v) is 7.82. The molecule has 0 aliphatic carbocycles. The Morgan fingerprint density at radius 3 is 3.05 bits per heavy atom. The van der Waals surface area contributed by atoms with Gasteiger partial charge in [-0.1, -0.05) is 52.2 Å². The number of nitrogens with zero attached hydrogens (tertiary/aromatic N) is 1. The van der Waals surface area contributed by atoms with Crippen molar-refractivity contribution in [3.05, 3.63) is 23.0 Å². The number of hydrogen-bond donors (Lipinski definition) is 1. The normalized spacial score (nSPS) is 12.6. The lowest BCUT2D eigenvalue weighted by Gasteiger charge is -2.06. The Bertz CT molecular complexity index is 619. The summed E-state index contributed by atoms with van der Waals surface area (Å²) in [6.07, 6.45) is 1.63. The number of aromatic nitrogens is 1. The van der Waals surface area contributed by atoms with Crippen LogP contribution >= 0.6 is 38.9 Å². The maximum atomic E-state index is 13.6. The summed E-state index contributed by atoms with van der Waals surface area (Å²) < 4.78 is 14.2. The molecule has 19 heavy (non-hydrogen) atoms. The molecule has 3 nitrogen and oxygen atoms in total. The van der Waals surface area contributed by atoms with Crippen LogP contribution in [-0.4, -0.2) is 15.7 Å². The number of nitrogens with one attached hydrogen (secondary N) is 1. The molecule has 1 N–H and O–H groups in total. The lowest BCUT2D eigenvalue weighted by Crippen LogP contribution is -2.22. The van der Waals surface area contributed by atoms with Crippen LogP contribution in [0.15, 0.2) is 12.1 Å². The highest BCUT2D eigenvalue weighted by Gasteiger charge is 2.16. The molecule has 0 fully saturated rings. The fourth-order valence-corrected chi connectivity index (χ4v) is 3.34. The molecule has 0 radical (unpaired) electrons. The van der Waals surface area contributed by atoms with E-state index in [4.69, 9.17) is 11.6 Å². The maximum Gasteiger partial charge on any atom is 0.239 e. The highest BCUT2D eigenvalue weighted by molar-refractivity contribution is 9.10. The van der Waals surface area contributed by atoms with Crippen molar-refractivity contribution in [1.82, 2.24) is 4.98 Å². The second-order valence-corrected chi connectivity index (χ2v) is 6.57. The number of hydrogen-bond acceptors (Lipinski definition) is 3. The standard InChI is InChI=1S/C12H11BrClFN2OS/c1-2-3-7(13)11(18)17-12-16-10-8(15)4-6(14)5-9(10)19-12/h4-5,7H,2-3H2,1H3,(H,16,17,18). The number of carbonyl (C=O) groups excluding carboxylic acids is 1. The van der Waals surface area contributed by atoms with Crippen molar-refractivity contribution >= 4 is 60.1 Å². The molecule has 1 aromatic heterocycles. The van der Waals surface area contributed by atoms with Crippen LogP contribution in [0, 0.1) is 5.82 Å². The number of carbonyl (C=O) groups is 1. The maximum absolute atomic E-state index is 13.6. The van der Waals surface area contributed by atoms with Crippen molar-refractivity contribution in [3.8, 4) is 0 Å². The Kier molecular flexibility index (Phi) is 4.76. The predicted molar refractivity (Wildman–Crippen MR) is 80.8 cm³/mol. The van der Waals surface area contributed by atoms with Crippen LogP contribution in [-0.2, 0) is 4.79 Å². The molecule has 0 bridgehead atoms. The molecule has 1 atom stereocenters. The van der Waals surface area contributed by atoms with E-state index in [1.165, 1.54) is 17.4 Å². The number of amides is 1. The molecule has 7 heteroatoms. The van der Waals surface area contributed by atoms with Gasteiger partial charge >= 0.3 is 0 Å². The Morgan fingerprint density at radius 2 is 2.37 bits per heavy atom. The highest BCUT2D eigenvalue weighted by Crippen LogP contribution is 2.30. The van der Waals surface area contributed by atoms with Gasteiger partial charge in [0.1, 0.15) is 5.52 Å². The van der Waals surface area contributed by atoms with Crippen LogP contribution in [0.5, 0.6) is 0 Å². The summed E-state index contributed by atoms with van der Waals surface area (Å²) in [5.41, 5.74) is 0.228. The third kappa shape index (κ3) is 3.43. The van der Waals surface area contributed by atoms with Gasteiger partial charge < -0.3 is 5.32 Å². The quantitative estimate of drug-likeness (QED) is 0.805. The molecule has 1 heterocycles. The second kappa shape index (κ2) is 6.15. The van der Waals surface area contributed by atoms with Gasteiger partial charge in [-0.05, 0) is 18.6 Å². The lowest BCUT2D eigenvalue weighted by atomic mass is 10.2. The third-order valence-corrected chi connectivity index (χ3v) is 4.48. The van der Waals surface area contributed by atoms with Crippen LogP contribution < -0.4 is 5.32 Å². The molecule has 0 spiro atoms. The summed E-state index contributed by atoms with van der Waals surface area (Å²) in [6.45, 7) is 2.00. The van der Waals surface area contributed by atoms with Crippen molar-refractivity contribution in [2.24, 2.45) is 0 Å². The molecule has 0 saturated heterocycles. The van der Waals surface area contributed by atoms with Crippen molar-refractivity contribution in [3.63, 3.8) is 0 Å². The molecule has 2 rings (SSSR count). The molecular formula is C12H11BrClFN2OS. The van der Waals surface area contributed by atoms with Gasteiger partial charge in [-0.3, -0.25) is 4.79 Å². The number of anilines is 1. The van der Waals surface area contributed by atoms with Gasteiger partial charge in [-0.15, -0.1) is 0 Å². The van der Waals surface area contributed by atoms with Gasteiger partial charge in [-0.2, -0.15) is 0 Å². The summed E-state index contributed by atoms with van der Waals surface area (Å²) in [4.78, 5) is 15.6. The summed E-state index contributed by atoms with van der Waals surface area (Å²) in [5.74, 6) is -0.657. The van der Waals surface area contributed by atoms with Crippen LogP contribution in [0.25, 0.3) is 10.2 Å². The van der Waals surface area contributed by atoms with Crippen LogP contribution in [0.1, 0.15) is 19.8 Å². The molecule has 1 unspecified atom stereocenters. The van der Waals surface area contributed by atoms with E-state index in [0.29, 0.717) is 14.9 Å². The third-order valence-electron chi connectivity index (χ3n) is 2.47. The molecule has 1 amide bonds. The van der Waals surface area contributed by atoms with Gasteiger partial charge in [0.05, 0.1) is 9.53 Å². The second-order valence-electron chi connectivity index (χ2n) is 4.00. The topological polar surface area (TPSA) is 42.0 Å². The highest BCUT2D eigenvalue weighted by atomic mass is 79.9. The number of halogens is 3. The molecule has 2 aromatic rings. The summed E-state index contributed by atoms with van der Waals surface area (Å²) in [6, 6.07) is 2.84. The lowest BCUT2D eigenvalue weighted by molar-refractivity contribution is -0.115. The summed E-state index contributed by atoms with van der Waals surface area (Å²) in [7, 11) is 0. The van der Waals surface area contributed by atoms with E-state index in [-0.39, 0.29) is 16.3 Å². The first-order chi connectivity index (χ1) is 9.01. The van der Waals surface area contributed by atoms with E-state index in [1.807, 2.05) is 6.92 Å². The number of thiazole rings is 1. The van der Waals surface area contributed by atoms with Gasteiger partial charge in [0.25, 0.3) is 0 Å². The number of rotatable bonds is 4. The van der Waals surface area contributed by atoms with E-state index in [0.717, 1.165) is 12.8 Å². The van der Waals surface area contributed by atoms with Gasteiger partial charge in [0, 0.05) is 5.02 Å². The molecule has 102 valence electrons. The molecule has 1 aromatic carbocycles. The van der Waals surface area contributed by atoms with Crippen LogP contribution in [0.2, 0.25) is 5.02 Å². The minimum Gasteiger partial charge on any atom is -0.301 e. The average molecular weight is 366 g/mol. The van der Waals surface area contributed by atoms with Gasteiger partial charge in [0.15, 0.2) is 10.9 Å². The zero-order valence-corrected chi connectivity index (χ0v) is 13.2. The van der Waals surface area contributed by atoms with Gasteiger partial charge in [0.2, 0.25) is 5.91 Å². The van der Waals surface area contributed by atoms with Crippen molar-refractivity contribution in [1.29, 1.82) is 0 Å². The fraction of sp³-hybridized carbons (Fsp3) is 0.333. The Labute approximate surface area is 127 Å². The zero-order valence-electron chi connectivity index (χ0n) is 10.0. The Hall–Kier alpha value is -0.720. The Morgan fingerprint density at radius 1 is 1.63 bits per heavy atom. The predicted octanol–water partition coefficient (Wildman–Crippen LogP) is 4.59. The zero-order chi connectivity index (χ0) is 14.0. The summed E-state index contributed by atoms with van der Waals surface area (Å²) in [5, 5.41) is 3.37. The number of alkyl halides is 1. The SMILES string of the molecule is CCCC(Br)C(=O)Nc1nc2c(F)cc(Cl)cc2s1. The van der Waals surface area contributed by atoms with Crippen molar-refractivity contribution in [2.45, 2.75) is 24.6 Å². The van der Waals surface area contributed by atoms with Crippen molar-refractivity contribution < 1.29 is 9.18 Å². The van der Waals surface area contributed by atoms with Crippen molar-refractivity contribution in [2.75, 3.05) is 5.32 Å². The largest absolute Gasteiger partial charge is 0.301 e. The minimum atomic E-state index is -0.483. The molecule has 0 aliphatic rings. The van der Waals surface area contributed by atoms with E-state index in [1.54, 1.807) is 6.07 Å². The molecular weight excluding hydrogens is 355 g/mol. The Balaban J connectivity index is 2.22. The monoisotopic (exact) mass is 364 g/mol. The van der Waals surface area contributed by atoms with E-state index in [2.05, 4.69) is 26.2 Å². The average Bonchev–Trinajstić information content (AvgIpc) is 2.72. The molecule has 0 saturated carbocycles. The molecule has 0 aliphatic heterocycles. The fourth-order valence-electron chi connectivity index (χ4n) is 1.58. The van der Waals surface area contributed by atoms with Crippen LogP contribution in [0.4, 0.5) is 9.52 Å². The van der Waals surface area contributed by atoms with E-state index in [9.17, 15) is 9.18 Å². The van der Waals surface area contributed by atoms with E-state index < -0.39 is 5.82 Å². The minimum absolute atomic E-state index is 0.174.